The monoisotopic (exact) mass is 380 g/mol. The molecule has 2 aromatic rings. The van der Waals surface area contributed by atoms with Gasteiger partial charge in [-0.3, -0.25) is 9.36 Å². The second kappa shape index (κ2) is 9.84. The highest BCUT2D eigenvalue weighted by Gasteiger charge is 2.21. The molecule has 1 N–H and O–H groups in total. The van der Waals surface area contributed by atoms with E-state index in [1.807, 2.05) is 37.3 Å². The third-order valence-electron chi connectivity index (χ3n) is 5.05. The average molecular weight is 380 g/mol. The minimum absolute atomic E-state index is 0.0720. The molecule has 148 valence electrons. The van der Waals surface area contributed by atoms with Crippen LogP contribution in [-0.2, 0) is 6.54 Å². The molecule has 6 nitrogen and oxygen atoms in total. The van der Waals surface area contributed by atoms with Gasteiger partial charge in [0.2, 0.25) is 5.88 Å². The molecule has 0 amide bonds. The topological polar surface area (TPSA) is 90.7 Å². The molecule has 1 atom stereocenters. The van der Waals surface area contributed by atoms with Crippen molar-refractivity contribution in [3.05, 3.63) is 51.3 Å². The molecule has 2 rings (SSSR count). The molecule has 0 fully saturated rings. The van der Waals surface area contributed by atoms with Crippen molar-refractivity contribution in [1.82, 2.24) is 4.57 Å². The third-order valence-corrected chi connectivity index (χ3v) is 5.05. The van der Waals surface area contributed by atoms with E-state index in [1.165, 1.54) is 4.57 Å². The molecule has 1 heterocycles. The lowest BCUT2D eigenvalue weighted by molar-refractivity contribution is 0.339. The molecule has 0 radical (unpaired) electrons. The number of nitrogens with zero attached hydrogens (tertiary/aromatic N) is 4. The number of rotatable bonds is 8. The number of aromatic nitrogens is 1. The van der Waals surface area contributed by atoms with Crippen molar-refractivity contribution in [3.8, 4) is 11.9 Å². The summed E-state index contributed by atoms with van der Waals surface area (Å²) in [6.45, 7) is 8.15. The highest BCUT2D eigenvalue weighted by atomic mass is 16.3. The second-order valence-corrected chi connectivity index (χ2v) is 7.15. The van der Waals surface area contributed by atoms with Gasteiger partial charge < -0.3 is 5.11 Å². The van der Waals surface area contributed by atoms with Crippen LogP contribution in [0.4, 0.5) is 11.4 Å². The maximum absolute atomic E-state index is 13.0. The van der Waals surface area contributed by atoms with E-state index in [9.17, 15) is 15.2 Å². The molecule has 0 bridgehead atoms. The van der Waals surface area contributed by atoms with Gasteiger partial charge in [-0.05, 0) is 38.3 Å². The number of hydrogen-bond acceptors (Lipinski definition) is 5. The van der Waals surface area contributed by atoms with Crippen molar-refractivity contribution >= 4 is 11.4 Å². The van der Waals surface area contributed by atoms with Crippen molar-refractivity contribution in [3.63, 3.8) is 0 Å². The van der Waals surface area contributed by atoms with Gasteiger partial charge in [0.1, 0.15) is 11.6 Å². The van der Waals surface area contributed by atoms with E-state index in [0.29, 0.717) is 17.8 Å². The number of hydrogen-bond donors (Lipinski definition) is 1. The molecule has 0 spiro atoms. The standard InChI is InChI=1S/C22H28N4O2/c1-5-7-8-17(6-2)14-26-21(27)19(13-23)16(4)20(22(26)28)25-24-18-11-9-15(3)10-12-18/h9-12,17,27H,5-8,14H2,1-4H3. The van der Waals surface area contributed by atoms with Crippen LogP contribution in [0.15, 0.2) is 39.3 Å². The quantitative estimate of drug-likeness (QED) is 0.598. The number of benzene rings is 1. The third kappa shape index (κ3) is 4.86. The lowest BCUT2D eigenvalue weighted by Crippen LogP contribution is -2.25. The largest absolute Gasteiger partial charge is 0.493 e. The van der Waals surface area contributed by atoms with E-state index >= 15 is 0 Å². The number of nitriles is 1. The van der Waals surface area contributed by atoms with E-state index in [0.717, 1.165) is 31.2 Å². The summed E-state index contributed by atoms with van der Waals surface area (Å²) in [7, 11) is 0. The first kappa shape index (κ1) is 21.4. The van der Waals surface area contributed by atoms with Crippen LogP contribution >= 0.6 is 0 Å². The number of aromatic hydroxyl groups is 1. The lowest BCUT2D eigenvalue weighted by atomic mass is 9.99. The van der Waals surface area contributed by atoms with Crippen molar-refractivity contribution in [1.29, 1.82) is 5.26 Å². The molecule has 1 aromatic carbocycles. The summed E-state index contributed by atoms with van der Waals surface area (Å²) in [6, 6.07) is 9.46. The van der Waals surface area contributed by atoms with Gasteiger partial charge in [0.25, 0.3) is 5.56 Å². The molecule has 0 saturated heterocycles. The van der Waals surface area contributed by atoms with Crippen molar-refractivity contribution in [2.45, 2.75) is 59.9 Å². The Bertz CT molecular complexity index is 937. The predicted molar refractivity (Wildman–Crippen MR) is 110 cm³/mol. The van der Waals surface area contributed by atoms with Gasteiger partial charge in [0, 0.05) is 12.1 Å². The Morgan fingerprint density at radius 3 is 2.43 bits per heavy atom. The van der Waals surface area contributed by atoms with Gasteiger partial charge in [-0.25, -0.2) is 0 Å². The molecule has 0 aliphatic carbocycles. The maximum atomic E-state index is 13.0. The highest BCUT2D eigenvalue weighted by Crippen LogP contribution is 2.28. The first-order chi connectivity index (χ1) is 13.4. The van der Waals surface area contributed by atoms with E-state index in [4.69, 9.17) is 0 Å². The van der Waals surface area contributed by atoms with Gasteiger partial charge in [0.05, 0.1) is 5.69 Å². The van der Waals surface area contributed by atoms with Gasteiger partial charge in [-0.2, -0.15) is 10.4 Å². The summed E-state index contributed by atoms with van der Waals surface area (Å²) in [5.74, 6) is -0.0334. The SMILES string of the molecule is CCCCC(CC)Cn1c(O)c(C#N)c(C)c(N=Nc2ccc(C)cc2)c1=O. The first-order valence-electron chi connectivity index (χ1n) is 9.77. The number of azo groups is 1. The van der Waals surface area contributed by atoms with E-state index in [2.05, 4.69) is 24.1 Å². The molecule has 6 heteroatoms. The molecular formula is C22H28N4O2. The zero-order chi connectivity index (χ0) is 20.7. The van der Waals surface area contributed by atoms with Crippen LogP contribution in [-0.4, -0.2) is 9.67 Å². The molecule has 28 heavy (non-hydrogen) atoms. The minimum Gasteiger partial charge on any atom is -0.493 e. The van der Waals surface area contributed by atoms with Crippen molar-refractivity contribution in [2.75, 3.05) is 0 Å². The Hall–Kier alpha value is -2.94. The fraction of sp³-hybridized carbons (Fsp3) is 0.455. The number of pyridine rings is 1. The molecule has 0 aliphatic rings. The Morgan fingerprint density at radius 1 is 1.18 bits per heavy atom. The molecule has 0 saturated carbocycles. The van der Waals surface area contributed by atoms with Crippen LogP contribution in [0.25, 0.3) is 0 Å². The first-order valence-corrected chi connectivity index (χ1v) is 9.77. The highest BCUT2D eigenvalue weighted by molar-refractivity contribution is 5.56. The van der Waals surface area contributed by atoms with E-state index in [1.54, 1.807) is 6.92 Å². The van der Waals surface area contributed by atoms with Crippen molar-refractivity contribution < 1.29 is 5.11 Å². The fourth-order valence-corrected chi connectivity index (χ4v) is 3.12. The van der Waals surface area contributed by atoms with Gasteiger partial charge >= 0.3 is 0 Å². The van der Waals surface area contributed by atoms with E-state index in [-0.39, 0.29) is 23.0 Å². The van der Waals surface area contributed by atoms with E-state index < -0.39 is 5.56 Å². The van der Waals surface area contributed by atoms with Gasteiger partial charge in [-0.15, -0.1) is 5.11 Å². The van der Waals surface area contributed by atoms with Crippen LogP contribution in [0.3, 0.4) is 0 Å². The molecule has 1 unspecified atom stereocenters. The summed E-state index contributed by atoms with van der Waals surface area (Å²) in [5, 5.41) is 28.3. The summed E-state index contributed by atoms with van der Waals surface area (Å²) < 4.78 is 1.28. The van der Waals surface area contributed by atoms with Crippen LogP contribution in [0.1, 0.15) is 56.2 Å². The van der Waals surface area contributed by atoms with Crippen LogP contribution in [0, 0.1) is 31.1 Å². The second-order valence-electron chi connectivity index (χ2n) is 7.15. The Labute approximate surface area is 166 Å². The Balaban J connectivity index is 2.49. The molecule has 0 aliphatic heterocycles. The Morgan fingerprint density at radius 2 is 1.86 bits per heavy atom. The fourth-order valence-electron chi connectivity index (χ4n) is 3.12. The normalized spacial score (nSPS) is 12.2. The number of aryl methyl sites for hydroxylation is 1. The summed E-state index contributed by atoms with van der Waals surface area (Å²) in [6.07, 6.45) is 3.99. The predicted octanol–water partition coefficient (Wildman–Crippen LogP) is 5.67. The smallest absolute Gasteiger partial charge is 0.281 e. The zero-order valence-corrected chi connectivity index (χ0v) is 17.1. The summed E-state index contributed by atoms with van der Waals surface area (Å²) >= 11 is 0. The molecule has 1 aromatic heterocycles. The van der Waals surface area contributed by atoms with Crippen LogP contribution < -0.4 is 5.56 Å². The summed E-state index contributed by atoms with van der Waals surface area (Å²) in [4.78, 5) is 13.0. The lowest BCUT2D eigenvalue weighted by Gasteiger charge is -2.19. The minimum atomic E-state index is -0.417. The summed E-state index contributed by atoms with van der Waals surface area (Å²) in [5.41, 5.74) is 1.82. The van der Waals surface area contributed by atoms with Crippen LogP contribution in [0.5, 0.6) is 5.88 Å². The molecular weight excluding hydrogens is 352 g/mol. The zero-order valence-electron chi connectivity index (χ0n) is 17.1. The Kier molecular flexibility index (Phi) is 7.51. The van der Waals surface area contributed by atoms with Crippen molar-refractivity contribution in [2.24, 2.45) is 16.1 Å². The van der Waals surface area contributed by atoms with Crippen LogP contribution in [0.2, 0.25) is 0 Å². The van der Waals surface area contributed by atoms with Gasteiger partial charge in [0.15, 0.2) is 5.69 Å². The number of unbranched alkanes of at least 4 members (excludes halogenated alkanes) is 1. The van der Waals surface area contributed by atoms with Gasteiger partial charge in [-0.1, -0.05) is 50.8 Å². The average Bonchev–Trinajstić information content (AvgIpc) is 2.69. The maximum Gasteiger partial charge on any atom is 0.281 e.